The maximum absolute atomic E-state index is 15.1. The normalized spacial score (nSPS) is 24.4. The molecular formula is C42H49N3O7. The summed E-state index contributed by atoms with van der Waals surface area (Å²) in [6.07, 6.45) is 4.70. The van der Waals surface area contributed by atoms with Gasteiger partial charge in [-0.3, -0.25) is 19.2 Å². The molecule has 0 saturated carbocycles. The molecule has 0 unspecified atom stereocenters. The van der Waals surface area contributed by atoms with Crippen LogP contribution in [0.15, 0.2) is 98.1 Å². The van der Waals surface area contributed by atoms with Gasteiger partial charge in [0.2, 0.25) is 11.8 Å². The summed E-state index contributed by atoms with van der Waals surface area (Å²) >= 11 is 0. The number of hydrogen-bond acceptors (Lipinski definition) is 7. The zero-order chi connectivity index (χ0) is 37.0. The number of rotatable bonds is 16. The van der Waals surface area contributed by atoms with E-state index >= 15 is 4.79 Å². The molecule has 1 spiro atoms. The van der Waals surface area contributed by atoms with Gasteiger partial charge < -0.3 is 29.7 Å². The van der Waals surface area contributed by atoms with Crippen LogP contribution >= 0.6 is 0 Å². The number of benzene rings is 3. The van der Waals surface area contributed by atoms with Crippen LogP contribution in [0.2, 0.25) is 0 Å². The monoisotopic (exact) mass is 707 g/mol. The smallest absolute Gasteiger partial charge is 0.306 e. The summed E-state index contributed by atoms with van der Waals surface area (Å²) in [6.45, 7) is 11.3. The summed E-state index contributed by atoms with van der Waals surface area (Å²) in [5.41, 5.74) is 0.114. The summed E-state index contributed by atoms with van der Waals surface area (Å²) in [5.74, 6) is -3.26. The van der Waals surface area contributed by atoms with Crippen molar-refractivity contribution in [1.82, 2.24) is 10.2 Å². The van der Waals surface area contributed by atoms with Gasteiger partial charge in [-0.15, -0.1) is 13.2 Å². The van der Waals surface area contributed by atoms with Crippen LogP contribution in [0.3, 0.4) is 0 Å². The molecule has 274 valence electrons. The minimum Gasteiger partial charge on any atom is -0.463 e. The van der Waals surface area contributed by atoms with Gasteiger partial charge in [0, 0.05) is 18.7 Å². The van der Waals surface area contributed by atoms with Gasteiger partial charge in [-0.2, -0.15) is 0 Å². The number of aliphatic hydroxyl groups is 1. The van der Waals surface area contributed by atoms with E-state index in [1.165, 1.54) is 4.90 Å². The molecule has 10 heteroatoms. The molecule has 3 saturated heterocycles. The first-order valence-corrected chi connectivity index (χ1v) is 18.3. The Hall–Kier alpha value is -4.80. The van der Waals surface area contributed by atoms with Crippen molar-refractivity contribution in [2.75, 3.05) is 24.7 Å². The minimum absolute atomic E-state index is 0.0930. The highest BCUT2D eigenvalue weighted by Gasteiger charge is 2.75. The van der Waals surface area contributed by atoms with Crippen LogP contribution in [0.5, 0.6) is 0 Å². The Kier molecular flexibility index (Phi) is 11.3. The number of aliphatic hydroxyl groups excluding tert-OH is 1. The molecule has 0 radical (unpaired) electrons. The average molecular weight is 708 g/mol. The van der Waals surface area contributed by atoms with Crippen LogP contribution in [0.25, 0.3) is 10.8 Å². The predicted molar refractivity (Wildman–Crippen MR) is 199 cm³/mol. The fourth-order valence-corrected chi connectivity index (χ4v) is 8.47. The van der Waals surface area contributed by atoms with Gasteiger partial charge >= 0.3 is 5.97 Å². The second-order valence-electron chi connectivity index (χ2n) is 14.5. The molecule has 10 nitrogen and oxygen atoms in total. The van der Waals surface area contributed by atoms with Crippen LogP contribution in [0.1, 0.15) is 57.6 Å². The Balaban J connectivity index is 1.35. The molecule has 3 aromatic carbocycles. The highest BCUT2D eigenvalue weighted by molar-refractivity contribution is 6.06. The SMILES string of the molecule is C=CCCC(=O)OC[C@@H](NC(=O)[C@@H]1[C@H]2C(=O)N([C@@H](CO)CC(C)C)[C@H](C(=O)N(CC=C)c3ccc4ccccc4c3)[C@]23CC[C@H]1O3)c1ccccc1. The van der Waals surface area contributed by atoms with Crippen molar-refractivity contribution in [3.8, 4) is 0 Å². The first-order valence-electron chi connectivity index (χ1n) is 18.3. The lowest BCUT2D eigenvalue weighted by molar-refractivity contribution is -0.146. The maximum Gasteiger partial charge on any atom is 0.306 e. The maximum atomic E-state index is 15.1. The van der Waals surface area contributed by atoms with Crippen molar-refractivity contribution in [1.29, 1.82) is 0 Å². The Morgan fingerprint density at radius 3 is 2.48 bits per heavy atom. The second kappa shape index (κ2) is 15.8. The third-order valence-electron chi connectivity index (χ3n) is 10.7. The van der Waals surface area contributed by atoms with E-state index in [4.69, 9.17) is 9.47 Å². The van der Waals surface area contributed by atoms with E-state index in [1.807, 2.05) is 86.6 Å². The van der Waals surface area contributed by atoms with E-state index in [9.17, 15) is 19.5 Å². The van der Waals surface area contributed by atoms with Crippen LogP contribution in [-0.4, -0.2) is 77.2 Å². The number of fused-ring (bicyclic) bond motifs is 2. The van der Waals surface area contributed by atoms with E-state index < -0.39 is 53.5 Å². The van der Waals surface area contributed by atoms with E-state index in [0.717, 1.165) is 16.3 Å². The lowest BCUT2D eigenvalue weighted by Crippen LogP contribution is -2.59. The summed E-state index contributed by atoms with van der Waals surface area (Å²) in [5, 5.41) is 15.8. The highest BCUT2D eigenvalue weighted by Crippen LogP contribution is 2.59. The zero-order valence-electron chi connectivity index (χ0n) is 30.0. The molecule has 3 aliphatic heterocycles. The minimum atomic E-state index is -1.28. The number of nitrogens with one attached hydrogen (secondary N) is 1. The number of ether oxygens (including phenoxy) is 2. The molecule has 0 aliphatic carbocycles. The fourth-order valence-electron chi connectivity index (χ4n) is 8.47. The van der Waals surface area contributed by atoms with Crippen LogP contribution < -0.4 is 10.2 Å². The van der Waals surface area contributed by atoms with E-state index in [2.05, 4.69) is 18.5 Å². The quantitative estimate of drug-likeness (QED) is 0.149. The van der Waals surface area contributed by atoms with Crippen LogP contribution in [-0.2, 0) is 28.7 Å². The number of nitrogens with zero attached hydrogens (tertiary/aromatic N) is 2. The summed E-state index contributed by atoms with van der Waals surface area (Å²) in [4.78, 5) is 59.9. The second-order valence-corrected chi connectivity index (χ2v) is 14.5. The van der Waals surface area contributed by atoms with Crippen molar-refractivity contribution in [2.45, 2.75) is 75.8 Å². The molecule has 3 aliphatic rings. The predicted octanol–water partition coefficient (Wildman–Crippen LogP) is 5.51. The largest absolute Gasteiger partial charge is 0.463 e. The van der Waals surface area contributed by atoms with Crippen molar-refractivity contribution < 1.29 is 33.8 Å². The van der Waals surface area contributed by atoms with E-state index in [1.54, 1.807) is 17.1 Å². The van der Waals surface area contributed by atoms with Crippen LogP contribution in [0.4, 0.5) is 5.69 Å². The molecule has 0 aromatic heterocycles. The Morgan fingerprint density at radius 1 is 1.06 bits per heavy atom. The molecule has 52 heavy (non-hydrogen) atoms. The first kappa shape index (κ1) is 37.0. The number of carbonyl (C=O) groups is 4. The zero-order valence-corrected chi connectivity index (χ0v) is 30.0. The van der Waals surface area contributed by atoms with Crippen molar-refractivity contribution >= 4 is 40.2 Å². The van der Waals surface area contributed by atoms with Gasteiger partial charge in [0.15, 0.2) is 0 Å². The van der Waals surface area contributed by atoms with Gasteiger partial charge in [-0.05, 0) is 60.1 Å². The van der Waals surface area contributed by atoms with Crippen LogP contribution in [0, 0.1) is 17.8 Å². The first-order chi connectivity index (χ1) is 25.1. The van der Waals surface area contributed by atoms with Gasteiger partial charge in [0.25, 0.3) is 5.91 Å². The Labute approximate surface area is 305 Å². The number of anilines is 1. The molecule has 3 aromatic rings. The van der Waals surface area contributed by atoms with Crippen molar-refractivity contribution in [2.24, 2.45) is 17.8 Å². The number of hydrogen-bond donors (Lipinski definition) is 2. The van der Waals surface area contributed by atoms with E-state index in [-0.39, 0.29) is 43.9 Å². The summed E-state index contributed by atoms with van der Waals surface area (Å²) in [6, 6.07) is 20.5. The van der Waals surface area contributed by atoms with Gasteiger partial charge in [0.05, 0.1) is 36.6 Å². The Bertz CT molecular complexity index is 1810. The molecule has 3 fully saturated rings. The highest BCUT2D eigenvalue weighted by atomic mass is 16.5. The topological polar surface area (TPSA) is 125 Å². The lowest BCUT2D eigenvalue weighted by atomic mass is 9.70. The molecule has 2 bridgehead atoms. The summed E-state index contributed by atoms with van der Waals surface area (Å²) < 4.78 is 12.3. The van der Waals surface area contributed by atoms with E-state index in [0.29, 0.717) is 31.4 Å². The van der Waals surface area contributed by atoms with Gasteiger partial charge in [0.1, 0.15) is 18.2 Å². The molecule has 3 heterocycles. The Morgan fingerprint density at radius 2 is 1.79 bits per heavy atom. The number of likely N-dealkylation sites (tertiary alicyclic amines) is 1. The molecule has 3 amide bonds. The van der Waals surface area contributed by atoms with Crippen molar-refractivity contribution in [3.05, 3.63) is 104 Å². The average Bonchev–Trinajstić information content (AvgIpc) is 3.80. The number of esters is 1. The number of allylic oxidation sites excluding steroid dienone is 1. The molecule has 6 rings (SSSR count). The number of carbonyl (C=O) groups excluding carboxylic acids is 4. The third-order valence-corrected chi connectivity index (χ3v) is 10.7. The fraction of sp³-hybridized carbons (Fsp3) is 0.429. The van der Waals surface area contributed by atoms with Crippen molar-refractivity contribution in [3.63, 3.8) is 0 Å². The summed E-state index contributed by atoms with van der Waals surface area (Å²) in [7, 11) is 0. The van der Waals surface area contributed by atoms with Gasteiger partial charge in [-0.1, -0.05) is 86.7 Å². The molecular weight excluding hydrogens is 658 g/mol. The number of amides is 3. The molecule has 7 atom stereocenters. The third kappa shape index (κ3) is 7.01. The molecule has 2 N–H and O–H groups in total. The standard InChI is InChI=1S/C42H49N3O7/c1-5-7-17-35(47)51-26-33(29-14-9-8-10-15-29)43-39(48)36-34-20-21-42(52-34)37(36)40(49)45(32(25-46)23-27(3)4)38(42)41(50)44(22-6-2)31-19-18-28-13-11-12-16-30(28)24-31/h5-6,8-16,18-19,24,27,32-34,36-38,46H,1-2,7,17,20-23,25-26H2,3-4H3,(H,43,48)/t32-,33-,34-,36+,37+,38-,42+/m1/s1. The van der Waals surface area contributed by atoms with Gasteiger partial charge in [-0.25, -0.2) is 0 Å². The lowest BCUT2D eigenvalue weighted by Gasteiger charge is -2.39.